The van der Waals surface area contributed by atoms with Crippen LogP contribution in [0.15, 0.2) is 54.6 Å². The number of aromatic amines is 1. The van der Waals surface area contributed by atoms with E-state index in [1.165, 1.54) is 18.2 Å². The van der Waals surface area contributed by atoms with E-state index in [-0.39, 0.29) is 30.0 Å². The van der Waals surface area contributed by atoms with Crippen molar-refractivity contribution in [1.29, 1.82) is 0 Å². The molecule has 4 rings (SSSR count). The predicted octanol–water partition coefficient (Wildman–Crippen LogP) is 3.68. The lowest BCUT2D eigenvalue weighted by Crippen LogP contribution is -2.48. The number of nitrogens with one attached hydrogen (secondary N) is 2. The number of carbonyl (C=O) groups is 1. The van der Waals surface area contributed by atoms with E-state index < -0.39 is 0 Å². The van der Waals surface area contributed by atoms with Gasteiger partial charge in [-0.25, -0.2) is 8.78 Å². The third-order valence-corrected chi connectivity index (χ3v) is 5.14. The van der Waals surface area contributed by atoms with E-state index in [0.717, 1.165) is 36.5 Å². The zero-order chi connectivity index (χ0) is 20.2. The Morgan fingerprint density at radius 1 is 1.17 bits per heavy atom. The smallest absolute Gasteiger partial charge is 0.224 e. The van der Waals surface area contributed by atoms with Gasteiger partial charge in [-0.3, -0.25) is 9.89 Å². The van der Waals surface area contributed by atoms with Crippen LogP contribution < -0.4 is 10.2 Å². The molecule has 7 heteroatoms. The van der Waals surface area contributed by atoms with Crippen LogP contribution in [-0.4, -0.2) is 35.2 Å². The first-order chi connectivity index (χ1) is 14.1. The van der Waals surface area contributed by atoms with Gasteiger partial charge in [-0.1, -0.05) is 18.2 Å². The Labute approximate surface area is 167 Å². The van der Waals surface area contributed by atoms with E-state index in [1.54, 1.807) is 30.3 Å². The lowest BCUT2D eigenvalue weighted by molar-refractivity contribution is -0.121. The van der Waals surface area contributed by atoms with Crippen LogP contribution in [0.2, 0.25) is 0 Å². The van der Waals surface area contributed by atoms with Crippen molar-refractivity contribution in [3.63, 3.8) is 0 Å². The van der Waals surface area contributed by atoms with Gasteiger partial charge in [0.2, 0.25) is 5.91 Å². The zero-order valence-electron chi connectivity index (χ0n) is 15.9. The van der Waals surface area contributed by atoms with Crippen molar-refractivity contribution in [1.82, 2.24) is 15.5 Å². The summed E-state index contributed by atoms with van der Waals surface area (Å²) in [5.74, 6) is -0.0374. The first-order valence-electron chi connectivity index (χ1n) is 9.67. The molecule has 0 bridgehead atoms. The minimum Gasteiger partial charge on any atom is -0.353 e. The Hall–Kier alpha value is -3.22. The van der Waals surface area contributed by atoms with Crippen LogP contribution in [0.25, 0.3) is 11.3 Å². The van der Waals surface area contributed by atoms with Crippen LogP contribution in [0.1, 0.15) is 18.4 Å². The van der Waals surface area contributed by atoms with Crippen molar-refractivity contribution in [3.8, 4) is 11.3 Å². The summed E-state index contributed by atoms with van der Waals surface area (Å²) in [6.45, 7) is 1.48. The summed E-state index contributed by atoms with van der Waals surface area (Å²) in [4.78, 5) is 14.5. The minimum absolute atomic E-state index is 0.0194. The van der Waals surface area contributed by atoms with E-state index in [4.69, 9.17) is 0 Å². The summed E-state index contributed by atoms with van der Waals surface area (Å²) in [7, 11) is 0. The van der Waals surface area contributed by atoms with Gasteiger partial charge < -0.3 is 10.2 Å². The highest BCUT2D eigenvalue weighted by molar-refractivity contribution is 5.79. The largest absolute Gasteiger partial charge is 0.353 e. The molecule has 0 radical (unpaired) electrons. The molecule has 2 heterocycles. The molecule has 1 fully saturated rings. The molecule has 0 spiro atoms. The SMILES string of the molecule is O=C(Cc1ccccc1F)N[C@@H]1CCCN(c2cc(-c3ccc(F)cc3)[nH]n2)C1. The number of halogens is 2. The van der Waals surface area contributed by atoms with Crippen molar-refractivity contribution in [2.24, 2.45) is 0 Å². The highest BCUT2D eigenvalue weighted by Gasteiger charge is 2.23. The fourth-order valence-corrected chi connectivity index (χ4v) is 3.65. The fourth-order valence-electron chi connectivity index (χ4n) is 3.65. The number of amides is 1. The van der Waals surface area contributed by atoms with Crippen LogP contribution in [0.3, 0.4) is 0 Å². The quantitative estimate of drug-likeness (QED) is 0.692. The number of aromatic nitrogens is 2. The Morgan fingerprint density at radius 2 is 1.97 bits per heavy atom. The Balaban J connectivity index is 1.38. The average molecular weight is 396 g/mol. The Morgan fingerprint density at radius 3 is 2.76 bits per heavy atom. The Bertz CT molecular complexity index is 986. The number of hydrogen-bond acceptors (Lipinski definition) is 3. The summed E-state index contributed by atoms with van der Waals surface area (Å²) >= 11 is 0. The van der Waals surface area contributed by atoms with Crippen LogP contribution >= 0.6 is 0 Å². The van der Waals surface area contributed by atoms with Gasteiger partial charge in [0.1, 0.15) is 11.6 Å². The van der Waals surface area contributed by atoms with Gasteiger partial charge in [0.25, 0.3) is 0 Å². The van der Waals surface area contributed by atoms with E-state index >= 15 is 0 Å². The van der Waals surface area contributed by atoms with Crippen LogP contribution in [0.4, 0.5) is 14.6 Å². The van der Waals surface area contributed by atoms with Crippen molar-refractivity contribution in [2.45, 2.75) is 25.3 Å². The van der Waals surface area contributed by atoms with Gasteiger partial charge in [-0.2, -0.15) is 5.10 Å². The molecule has 3 aromatic rings. The van der Waals surface area contributed by atoms with Gasteiger partial charge in [-0.15, -0.1) is 0 Å². The van der Waals surface area contributed by atoms with Gasteiger partial charge >= 0.3 is 0 Å². The molecule has 1 atom stereocenters. The molecule has 0 aliphatic carbocycles. The van der Waals surface area contributed by atoms with Gasteiger partial charge in [0.15, 0.2) is 5.82 Å². The van der Waals surface area contributed by atoms with E-state index in [0.29, 0.717) is 12.1 Å². The molecule has 29 heavy (non-hydrogen) atoms. The molecular formula is C22H22F2N4O. The van der Waals surface area contributed by atoms with Crippen molar-refractivity contribution >= 4 is 11.7 Å². The molecule has 0 unspecified atom stereocenters. The molecule has 150 valence electrons. The number of piperidine rings is 1. The molecule has 1 saturated heterocycles. The average Bonchev–Trinajstić information content (AvgIpc) is 3.21. The minimum atomic E-state index is -0.363. The molecule has 2 aromatic carbocycles. The predicted molar refractivity (Wildman–Crippen MR) is 107 cm³/mol. The van der Waals surface area contributed by atoms with Gasteiger partial charge in [0.05, 0.1) is 12.1 Å². The number of nitrogens with zero attached hydrogens (tertiary/aromatic N) is 2. The van der Waals surface area contributed by atoms with Crippen LogP contribution in [-0.2, 0) is 11.2 Å². The molecule has 1 aromatic heterocycles. The van der Waals surface area contributed by atoms with E-state index in [9.17, 15) is 13.6 Å². The lowest BCUT2D eigenvalue weighted by Gasteiger charge is -2.33. The lowest BCUT2D eigenvalue weighted by atomic mass is 10.0. The van der Waals surface area contributed by atoms with Crippen molar-refractivity contribution < 1.29 is 13.6 Å². The third kappa shape index (κ3) is 4.62. The van der Waals surface area contributed by atoms with Crippen molar-refractivity contribution in [3.05, 3.63) is 71.8 Å². The topological polar surface area (TPSA) is 61.0 Å². The summed E-state index contributed by atoms with van der Waals surface area (Å²) < 4.78 is 26.9. The second-order valence-corrected chi connectivity index (χ2v) is 7.27. The highest BCUT2D eigenvalue weighted by Crippen LogP contribution is 2.24. The first-order valence-corrected chi connectivity index (χ1v) is 9.67. The van der Waals surface area contributed by atoms with E-state index in [2.05, 4.69) is 20.4 Å². The number of anilines is 1. The molecule has 2 N–H and O–H groups in total. The van der Waals surface area contributed by atoms with Gasteiger partial charge in [0, 0.05) is 25.2 Å². The molecule has 1 amide bonds. The molecule has 1 aliphatic heterocycles. The second kappa shape index (κ2) is 8.43. The fraction of sp³-hybridized carbons (Fsp3) is 0.273. The number of hydrogen-bond donors (Lipinski definition) is 2. The third-order valence-electron chi connectivity index (χ3n) is 5.14. The molecule has 5 nitrogen and oxygen atoms in total. The van der Waals surface area contributed by atoms with Crippen LogP contribution in [0.5, 0.6) is 0 Å². The molecule has 0 saturated carbocycles. The van der Waals surface area contributed by atoms with Gasteiger partial charge in [-0.05, 0) is 54.3 Å². The molecular weight excluding hydrogens is 374 g/mol. The number of H-pyrrole nitrogens is 1. The summed E-state index contributed by atoms with van der Waals surface area (Å²) in [6.07, 6.45) is 1.82. The first kappa shape index (κ1) is 19.1. The monoisotopic (exact) mass is 396 g/mol. The molecule has 1 aliphatic rings. The second-order valence-electron chi connectivity index (χ2n) is 7.27. The van der Waals surface area contributed by atoms with E-state index in [1.807, 2.05) is 6.07 Å². The summed E-state index contributed by atoms with van der Waals surface area (Å²) in [5, 5.41) is 10.4. The number of carbonyl (C=O) groups excluding carboxylic acids is 1. The summed E-state index contributed by atoms with van der Waals surface area (Å²) in [6, 6.07) is 14.5. The Kier molecular flexibility index (Phi) is 5.55. The highest BCUT2D eigenvalue weighted by atomic mass is 19.1. The summed E-state index contributed by atoms with van der Waals surface area (Å²) in [5.41, 5.74) is 2.07. The van der Waals surface area contributed by atoms with Crippen molar-refractivity contribution in [2.75, 3.05) is 18.0 Å². The maximum absolute atomic E-state index is 13.8. The zero-order valence-corrected chi connectivity index (χ0v) is 15.9. The maximum Gasteiger partial charge on any atom is 0.224 e. The maximum atomic E-state index is 13.8. The number of benzene rings is 2. The standard InChI is InChI=1S/C22H22F2N4O/c23-17-9-7-15(8-10-17)20-13-21(27-26-20)28-11-3-5-18(14-28)25-22(29)12-16-4-1-2-6-19(16)24/h1-2,4,6-10,13,18H,3,5,11-12,14H2,(H,25,29)(H,26,27)/t18-/m1/s1. The normalized spacial score (nSPS) is 16.6. The number of rotatable bonds is 5. The van der Waals surface area contributed by atoms with Crippen LogP contribution in [0, 0.1) is 11.6 Å².